The van der Waals surface area contributed by atoms with E-state index >= 15 is 0 Å². The number of anilines is 1. The third kappa shape index (κ3) is 1.98. The Morgan fingerprint density at radius 2 is 2.36 bits per heavy atom. The van der Waals surface area contributed by atoms with E-state index in [9.17, 15) is 4.79 Å². The van der Waals surface area contributed by atoms with E-state index in [4.69, 9.17) is 5.11 Å². The van der Waals surface area contributed by atoms with E-state index in [-0.39, 0.29) is 6.54 Å². The quantitative estimate of drug-likeness (QED) is 0.788. The maximum atomic E-state index is 10.3. The van der Waals surface area contributed by atoms with E-state index in [0.717, 1.165) is 11.5 Å². The van der Waals surface area contributed by atoms with Crippen LogP contribution >= 0.6 is 11.8 Å². The second kappa shape index (κ2) is 3.88. The highest BCUT2D eigenvalue weighted by atomic mass is 32.2. The summed E-state index contributed by atoms with van der Waals surface area (Å²) < 4.78 is 0. The van der Waals surface area contributed by atoms with E-state index in [2.05, 4.69) is 10.3 Å². The number of aromatic nitrogens is 1. The average Bonchev–Trinajstić information content (AvgIpc) is 2.61. The van der Waals surface area contributed by atoms with Crippen LogP contribution in [0.4, 0.5) is 5.82 Å². The number of aliphatic carboxylic acids is 1. The molecule has 0 spiro atoms. The number of carboxylic acid groups (broad SMARTS) is 1. The molecule has 0 aliphatic carbocycles. The van der Waals surface area contributed by atoms with Crippen LogP contribution in [0.2, 0.25) is 0 Å². The molecule has 1 aliphatic rings. The van der Waals surface area contributed by atoms with E-state index in [1.807, 2.05) is 24.0 Å². The summed E-state index contributed by atoms with van der Waals surface area (Å²) in [5.41, 5.74) is 2.52. The second-order valence-electron chi connectivity index (χ2n) is 3.08. The fourth-order valence-corrected chi connectivity index (χ4v) is 2.39. The van der Waals surface area contributed by atoms with Crippen molar-refractivity contribution in [1.82, 2.24) is 4.98 Å². The molecule has 14 heavy (non-hydrogen) atoms. The van der Waals surface area contributed by atoms with Crippen LogP contribution in [0.25, 0.3) is 0 Å². The molecule has 1 aromatic rings. The summed E-state index contributed by atoms with van der Waals surface area (Å²) in [6.45, 7) is -0.0844. The maximum Gasteiger partial charge on any atom is 0.322 e. The van der Waals surface area contributed by atoms with Gasteiger partial charge in [-0.3, -0.25) is 4.79 Å². The summed E-state index contributed by atoms with van der Waals surface area (Å²) in [6, 6.07) is 1.93. The van der Waals surface area contributed by atoms with Gasteiger partial charge in [-0.2, -0.15) is 11.8 Å². The van der Waals surface area contributed by atoms with Crippen molar-refractivity contribution in [3.8, 4) is 0 Å². The molecule has 0 atom stereocenters. The molecular weight excluding hydrogens is 200 g/mol. The van der Waals surface area contributed by atoms with Gasteiger partial charge in [0.1, 0.15) is 12.4 Å². The number of carbonyl (C=O) groups is 1. The lowest BCUT2D eigenvalue weighted by Crippen LogP contribution is -2.13. The highest BCUT2D eigenvalue weighted by Crippen LogP contribution is 2.30. The Hall–Kier alpha value is -1.23. The molecule has 0 saturated heterocycles. The zero-order chi connectivity index (χ0) is 9.97. The van der Waals surface area contributed by atoms with Gasteiger partial charge in [0.2, 0.25) is 0 Å². The van der Waals surface area contributed by atoms with Gasteiger partial charge in [-0.1, -0.05) is 0 Å². The maximum absolute atomic E-state index is 10.3. The van der Waals surface area contributed by atoms with Crippen molar-refractivity contribution in [3.63, 3.8) is 0 Å². The van der Waals surface area contributed by atoms with Crippen LogP contribution in [0.15, 0.2) is 12.3 Å². The predicted octanol–water partition coefficient (Wildman–Crippen LogP) is 1.32. The van der Waals surface area contributed by atoms with Gasteiger partial charge in [-0.05, 0) is 17.2 Å². The number of nitrogens with one attached hydrogen (secondary N) is 1. The Bertz CT molecular complexity index is 368. The van der Waals surface area contributed by atoms with Gasteiger partial charge in [0.15, 0.2) is 0 Å². The van der Waals surface area contributed by atoms with Crippen molar-refractivity contribution in [3.05, 3.63) is 23.4 Å². The van der Waals surface area contributed by atoms with Gasteiger partial charge >= 0.3 is 5.97 Å². The molecule has 0 bridgehead atoms. The van der Waals surface area contributed by atoms with E-state index < -0.39 is 5.97 Å². The Labute approximate surface area is 85.7 Å². The van der Waals surface area contributed by atoms with Crippen LogP contribution in [0.3, 0.4) is 0 Å². The molecule has 1 aliphatic heterocycles. The molecule has 1 aromatic heterocycles. The van der Waals surface area contributed by atoms with Crippen molar-refractivity contribution < 1.29 is 9.90 Å². The third-order valence-electron chi connectivity index (χ3n) is 2.02. The summed E-state index contributed by atoms with van der Waals surface area (Å²) in [7, 11) is 0. The molecule has 0 radical (unpaired) electrons. The highest BCUT2D eigenvalue weighted by Gasteiger charge is 2.12. The van der Waals surface area contributed by atoms with Gasteiger partial charge in [0.05, 0.1) is 0 Å². The minimum atomic E-state index is -0.873. The lowest BCUT2D eigenvalue weighted by atomic mass is 10.2. The highest BCUT2D eigenvalue weighted by molar-refractivity contribution is 7.98. The first-order valence-corrected chi connectivity index (χ1v) is 5.42. The topological polar surface area (TPSA) is 62.2 Å². The van der Waals surface area contributed by atoms with Gasteiger partial charge in [0.25, 0.3) is 0 Å². The number of fused-ring (bicyclic) bond motifs is 1. The largest absolute Gasteiger partial charge is 0.480 e. The molecular formula is C9H10N2O2S. The second-order valence-corrected chi connectivity index (χ2v) is 4.06. The number of thioether (sulfide) groups is 1. The molecule has 0 aromatic carbocycles. The van der Waals surface area contributed by atoms with Crippen molar-refractivity contribution in [2.24, 2.45) is 0 Å². The van der Waals surface area contributed by atoms with Crippen LogP contribution in [0, 0.1) is 0 Å². The van der Waals surface area contributed by atoms with Crippen LogP contribution in [-0.2, 0) is 16.3 Å². The predicted molar refractivity (Wildman–Crippen MR) is 55.4 cm³/mol. The number of hydrogen-bond acceptors (Lipinski definition) is 4. The molecule has 74 valence electrons. The molecule has 0 unspecified atom stereocenters. The minimum Gasteiger partial charge on any atom is -0.480 e. The first kappa shape index (κ1) is 9.33. The standard InChI is InChI=1S/C9H10N2O2S/c12-9(13)3-11-8-1-6-4-14-5-7(6)2-10-8/h1-2H,3-5H2,(H,10,11)(H,12,13). The van der Waals surface area contributed by atoms with Crippen molar-refractivity contribution in [2.75, 3.05) is 11.9 Å². The summed E-state index contributed by atoms with van der Waals surface area (Å²) in [5.74, 6) is 1.79. The number of rotatable bonds is 3. The summed E-state index contributed by atoms with van der Waals surface area (Å²) in [5, 5.41) is 11.2. The fraction of sp³-hybridized carbons (Fsp3) is 0.333. The Balaban J connectivity index is 2.09. The van der Waals surface area contributed by atoms with E-state index in [1.165, 1.54) is 11.1 Å². The lowest BCUT2D eigenvalue weighted by Gasteiger charge is -2.04. The molecule has 2 heterocycles. The average molecular weight is 210 g/mol. The minimum absolute atomic E-state index is 0.0844. The Morgan fingerprint density at radius 3 is 3.14 bits per heavy atom. The number of pyridine rings is 1. The summed E-state index contributed by atoms with van der Waals surface area (Å²) >= 11 is 1.85. The van der Waals surface area contributed by atoms with Gasteiger partial charge in [-0.25, -0.2) is 4.98 Å². The smallest absolute Gasteiger partial charge is 0.322 e. The SMILES string of the molecule is O=C(O)CNc1cc2c(cn1)CSC2. The van der Waals surface area contributed by atoms with E-state index in [1.54, 1.807) is 0 Å². The molecule has 5 heteroatoms. The lowest BCUT2D eigenvalue weighted by molar-refractivity contribution is -0.134. The van der Waals surface area contributed by atoms with Crippen molar-refractivity contribution in [2.45, 2.75) is 11.5 Å². The molecule has 0 amide bonds. The van der Waals surface area contributed by atoms with Gasteiger partial charge < -0.3 is 10.4 Å². The van der Waals surface area contributed by atoms with Gasteiger partial charge in [-0.15, -0.1) is 0 Å². The van der Waals surface area contributed by atoms with Crippen LogP contribution in [0.5, 0.6) is 0 Å². The van der Waals surface area contributed by atoms with Crippen LogP contribution in [0.1, 0.15) is 11.1 Å². The Kier molecular flexibility index (Phi) is 2.58. The number of nitrogens with zero attached hydrogens (tertiary/aromatic N) is 1. The Morgan fingerprint density at radius 1 is 1.57 bits per heavy atom. The molecule has 0 saturated carbocycles. The normalized spacial score (nSPS) is 13.7. The first-order chi connectivity index (χ1) is 6.75. The zero-order valence-corrected chi connectivity index (χ0v) is 8.30. The number of hydrogen-bond donors (Lipinski definition) is 2. The molecule has 4 nitrogen and oxygen atoms in total. The fourth-order valence-electron chi connectivity index (χ4n) is 1.32. The monoisotopic (exact) mass is 210 g/mol. The molecule has 2 N–H and O–H groups in total. The third-order valence-corrected chi connectivity index (χ3v) is 3.05. The van der Waals surface area contributed by atoms with Crippen molar-refractivity contribution >= 4 is 23.5 Å². The number of carboxylic acids is 1. The van der Waals surface area contributed by atoms with Crippen molar-refractivity contribution in [1.29, 1.82) is 0 Å². The molecule has 0 fully saturated rings. The summed E-state index contributed by atoms with van der Waals surface area (Å²) in [6.07, 6.45) is 1.82. The van der Waals surface area contributed by atoms with E-state index in [0.29, 0.717) is 5.82 Å². The van der Waals surface area contributed by atoms with Gasteiger partial charge in [0, 0.05) is 17.7 Å². The molecule has 2 rings (SSSR count). The first-order valence-electron chi connectivity index (χ1n) is 4.27. The van der Waals surface area contributed by atoms with Crippen LogP contribution in [-0.4, -0.2) is 22.6 Å². The van der Waals surface area contributed by atoms with Crippen LogP contribution < -0.4 is 5.32 Å². The summed E-state index contributed by atoms with van der Waals surface area (Å²) in [4.78, 5) is 14.4. The zero-order valence-electron chi connectivity index (χ0n) is 7.49.